The molecule has 0 unspecified atom stereocenters. The summed E-state index contributed by atoms with van der Waals surface area (Å²) < 4.78 is 5.41. The van der Waals surface area contributed by atoms with E-state index in [1.165, 1.54) is 116 Å². The Kier molecular flexibility index (Phi) is 37.7. The van der Waals surface area contributed by atoms with Crippen molar-refractivity contribution in [2.75, 3.05) is 45.9 Å². The molecule has 0 saturated carbocycles. The van der Waals surface area contributed by atoms with Gasteiger partial charge < -0.3 is 19.6 Å². The van der Waals surface area contributed by atoms with Gasteiger partial charge in [0.25, 0.3) is 0 Å². The third-order valence-corrected chi connectivity index (χ3v) is 9.81. The fraction of sp³-hybridized carbons (Fsp3) is 0.952. The van der Waals surface area contributed by atoms with Crippen LogP contribution in [0, 0.1) is 0 Å². The number of unbranched alkanes of at least 4 members (excludes halogenated alkanes) is 23. The lowest BCUT2D eigenvalue weighted by atomic mass is 10.1. The lowest BCUT2D eigenvalue weighted by Gasteiger charge is -2.23. The molecule has 286 valence electrons. The van der Waals surface area contributed by atoms with Crippen molar-refractivity contribution in [1.82, 2.24) is 9.80 Å². The predicted octanol–water partition coefficient (Wildman–Crippen LogP) is 11.4. The first-order chi connectivity index (χ1) is 23.6. The highest BCUT2D eigenvalue weighted by atomic mass is 16.5. The smallest absolute Gasteiger partial charge is 0.305 e. The van der Waals surface area contributed by atoms with Gasteiger partial charge in [-0.15, -0.1) is 0 Å². The van der Waals surface area contributed by atoms with E-state index in [2.05, 4.69) is 30.6 Å². The van der Waals surface area contributed by atoms with E-state index in [1.807, 2.05) is 0 Å². The van der Waals surface area contributed by atoms with E-state index in [4.69, 9.17) is 4.74 Å². The number of aliphatic hydroxyl groups is 1. The van der Waals surface area contributed by atoms with E-state index in [-0.39, 0.29) is 12.6 Å². The first-order valence-corrected chi connectivity index (χ1v) is 21.4. The third kappa shape index (κ3) is 33.4. The summed E-state index contributed by atoms with van der Waals surface area (Å²) in [7, 11) is 0. The van der Waals surface area contributed by atoms with Gasteiger partial charge in [0, 0.05) is 32.5 Å². The summed E-state index contributed by atoms with van der Waals surface area (Å²) in [6.07, 6.45) is 35.2. The fourth-order valence-electron chi connectivity index (χ4n) is 6.58. The number of amides is 1. The molecular formula is C42H84N2O4. The molecule has 0 aliphatic carbocycles. The van der Waals surface area contributed by atoms with E-state index in [9.17, 15) is 14.7 Å². The van der Waals surface area contributed by atoms with Crippen molar-refractivity contribution >= 4 is 11.9 Å². The summed E-state index contributed by atoms with van der Waals surface area (Å²) in [6, 6.07) is 0. The molecule has 1 N–H and O–H groups in total. The highest BCUT2D eigenvalue weighted by Gasteiger charge is 2.13. The molecule has 48 heavy (non-hydrogen) atoms. The zero-order valence-electron chi connectivity index (χ0n) is 32.7. The van der Waals surface area contributed by atoms with Gasteiger partial charge in [-0.3, -0.25) is 9.59 Å². The van der Waals surface area contributed by atoms with Crippen molar-refractivity contribution in [2.45, 2.75) is 213 Å². The lowest BCUT2D eigenvalue weighted by molar-refractivity contribution is -0.144. The Morgan fingerprint density at radius 1 is 0.438 bits per heavy atom. The van der Waals surface area contributed by atoms with Gasteiger partial charge in [0.15, 0.2) is 0 Å². The normalized spacial score (nSPS) is 11.4. The summed E-state index contributed by atoms with van der Waals surface area (Å²) >= 11 is 0. The van der Waals surface area contributed by atoms with Crippen LogP contribution in [-0.4, -0.2) is 72.7 Å². The molecule has 0 aromatic carbocycles. The first-order valence-electron chi connectivity index (χ1n) is 21.4. The second-order valence-electron chi connectivity index (χ2n) is 14.5. The Labute approximate surface area is 299 Å². The Balaban J connectivity index is 4.05. The lowest BCUT2D eigenvalue weighted by Crippen LogP contribution is -2.32. The number of carbonyl (C=O) groups is 2. The van der Waals surface area contributed by atoms with Gasteiger partial charge in [-0.2, -0.15) is 0 Å². The molecule has 0 rings (SSSR count). The molecule has 0 spiro atoms. The maximum atomic E-state index is 13.1. The Hall–Kier alpha value is -1.14. The van der Waals surface area contributed by atoms with E-state index < -0.39 is 0 Å². The molecule has 0 aliphatic heterocycles. The van der Waals surface area contributed by atoms with Crippen molar-refractivity contribution < 1.29 is 19.4 Å². The van der Waals surface area contributed by atoms with Crippen molar-refractivity contribution in [2.24, 2.45) is 0 Å². The highest BCUT2D eigenvalue weighted by molar-refractivity contribution is 5.76. The summed E-state index contributed by atoms with van der Waals surface area (Å²) in [5.41, 5.74) is 0. The van der Waals surface area contributed by atoms with E-state index in [0.29, 0.717) is 25.4 Å². The minimum Gasteiger partial charge on any atom is -0.466 e. The number of ether oxygens (including phenoxy) is 1. The minimum atomic E-state index is -0.0476. The molecule has 0 heterocycles. The zero-order chi connectivity index (χ0) is 35.2. The van der Waals surface area contributed by atoms with Crippen LogP contribution < -0.4 is 0 Å². The summed E-state index contributed by atoms with van der Waals surface area (Å²) in [4.78, 5) is 29.7. The molecule has 6 nitrogen and oxygen atoms in total. The molecule has 0 radical (unpaired) electrons. The second kappa shape index (κ2) is 38.7. The molecule has 0 saturated heterocycles. The maximum absolute atomic E-state index is 13.1. The number of nitrogens with zero attached hydrogens (tertiary/aromatic N) is 2. The van der Waals surface area contributed by atoms with Crippen molar-refractivity contribution in [3.8, 4) is 0 Å². The van der Waals surface area contributed by atoms with Crippen LogP contribution in [0.1, 0.15) is 213 Å². The summed E-state index contributed by atoms with van der Waals surface area (Å²) in [5, 5.41) is 9.53. The van der Waals surface area contributed by atoms with Crippen LogP contribution in [0.3, 0.4) is 0 Å². The first kappa shape index (κ1) is 46.9. The number of hydrogen-bond acceptors (Lipinski definition) is 5. The average molecular weight is 681 g/mol. The topological polar surface area (TPSA) is 70.1 Å². The predicted molar refractivity (Wildman–Crippen MR) is 207 cm³/mol. The van der Waals surface area contributed by atoms with Gasteiger partial charge in [0.2, 0.25) is 5.91 Å². The van der Waals surface area contributed by atoms with Crippen molar-refractivity contribution in [3.05, 3.63) is 0 Å². The van der Waals surface area contributed by atoms with E-state index >= 15 is 0 Å². The SMILES string of the molecule is CCCCCCCCCOC(=O)CCCCCN(CCO)CCCCCCCC(=O)N(CCCCCCCC)CCCCCCCCC. The fourth-order valence-corrected chi connectivity index (χ4v) is 6.58. The van der Waals surface area contributed by atoms with Gasteiger partial charge in [0.05, 0.1) is 13.2 Å². The highest BCUT2D eigenvalue weighted by Crippen LogP contribution is 2.14. The summed E-state index contributed by atoms with van der Waals surface area (Å²) in [5.74, 6) is 0.332. The zero-order valence-corrected chi connectivity index (χ0v) is 32.7. The quantitative estimate of drug-likeness (QED) is 0.0517. The van der Waals surface area contributed by atoms with Crippen molar-refractivity contribution in [1.29, 1.82) is 0 Å². The molecule has 0 aromatic rings. The maximum Gasteiger partial charge on any atom is 0.305 e. The molecule has 1 amide bonds. The Morgan fingerprint density at radius 3 is 1.29 bits per heavy atom. The Morgan fingerprint density at radius 2 is 0.812 bits per heavy atom. The number of aliphatic hydroxyl groups excluding tert-OH is 1. The number of rotatable bonds is 39. The van der Waals surface area contributed by atoms with E-state index in [0.717, 1.165) is 96.9 Å². The molecule has 0 fully saturated rings. The average Bonchev–Trinajstić information content (AvgIpc) is 3.08. The molecule has 0 atom stereocenters. The van der Waals surface area contributed by atoms with Gasteiger partial charge in [-0.05, 0) is 58.0 Å². The Bertz CT molecular complexity index is 674. The van der Waals surface area contributed by atoms with E-state index in [1.54, 1.807) is 0 Å². The van der Waals surface area contributed by atoms with Crippen molar-refractivity contribution in [3.63, 3.8) is 0 Å². The van der Waals surface area contributed by atoms with Gasteiger partial charge >= 0.3 is 5.97 Å². The molecule has 0 bridgehead atoms. The standard InChI is InChI=1S/C42H84N2O4/c1-4-7-10-13-16-22-30-37-44(36-29-21-15-12-9-6-3)41(46)32-25-19-18-20-27-34-43(38-39-45)35-28-24-26-33-42(47)48-40-31-23-17-14-11-8-5-2/h45H,4-40H2,1-3H3. The minimum absolute atomic E-state index is 0.0476. The number of esters is 1. The van der Waals surface area contributed by atoms with Crippen LogP contribution in [0.5, 0.6) is 0 Å². The number of carbonyl (C=O) groups excluding carboxylic acids is 2. The largest absolute Gasteiger partial charge is 0.466 e. The molecule has 6 heteroatoms. The molecule has 0 aliphatic rings. The monoisotopic (exact) mass is 681 g/mol. The summed E-state index contributed by atoms with van der Waals surface area (Å²) in [6.45, 7) is 12.2. The van der Waals surface area contributed by atoms with Crippen LogP contribution >= 0.6 is 0 Å². The van der Waals surface area contributed by atoms with Crippen LogP contribution in [0.4, 0.5) is 0 Å². The van der Waals surface area contributed by atoms with Crippen LogP contribution in [0.25, 0.3) is 0 Å². The number of hydrogen-bond donors (Lipinski definition) is 1. The molecule has 0 aromatic heterocycles. The van der Waals surface area contributed by atoms with Crippen LogP contribution in [-0.2, 0) is 14.3 Å². The van der Waals surface area contributed by atoms with Gasteiger partial charge in [-0.25, -0.2) is 0 Å². The molecular weight excluding hydrogens is 596 g/mol. The second-order valence-corrected chi connectivity index (χ2v) is 14.5. The van der Waals surface area contributed by atoms with Gasteiger partial charge in [-0.1, -0.05) is 156 Å². The van der Waals surface area contributed by atoms with Crippen LogP contribution in [0.15, 0.2) is 0 Å². The van der Waals surface area contributed by atoms with Gasteiger partial charge in [0.1, 0.15) is 0 Å². The van der Waals surface area contributed by atoms with Crippen LogP contribution in [0.2, 0.25) is 0 Å². The third-order valence-electron chi connectivity index (χ3n) is 9.81.